The van der Waals surface area contributed by atoms with Crippen LogP contribution in [0.25, 0.3) is 0 Å². The summed E-state index contributed by atoms with van der Waals surface area (Å²) < 4.78 is 5.01. The fraction of sp³-hybridized carbons (Fsp3) is 0.692. The molecule has 5 heteroatoms. The van der Waals surface area contributed by atoms with E-state index in [0.717, 1.165) is 56.4 Å². The molecule has 0 atom stereocenters. The van der Waals surface area contributed by atoms with Crippen LogP contribution in [0.15, 0.2) is 6.07 Å². The Balaban J connectivity index is 2.41. The Morgan fingerprint density at radius 1 is 1.11 bits per heavy atom. The SMILES string of the molecule is CCCNc1cc(NCCCCOC)nc(C)n1. The summed E-state index contributed by atoms with van der Waals surface area (Å²) in [5.74, 6) is 2.57. The van der Waals surface area contributed by atoms with Gasteiger partial charge >= 0.3 is 0 Å². The molecule has 0 spiro atoms. The third-order valence-corrected chi connectivity index (χ3v) is 2.48. The molecule has 1 heterocycles. The molecule has 1 rings (SSSR count). The largest absolute Gasteiger partial charge is 0.385 e. The number of anilines is 2. The van der Waals surface area contributed by atoms with Gasteiger partial charge in [-0.1, -0.05) is 6.92 Å². The van der Waals surface area contributed by atoms with Crippen molar-refractivity contribution < 1.29 is 4.74 Å². The van der Waals surface area contributed by atoms with E-state index in [2.05, 4.69) is 27.5 Å². The standard InChI is InChI=1S/C13H24N4O/c1-4-7-14-12-10-13(17-11(2)16-12)15-8-5-6-9-18-3/h10H,4-9H2,1-3H3,(H2,14,15,16,17). The van der Waals surface area contributed by atoms with E-state index >= 15 is 0 Å². The molecule has 0 fully saturated rings. The maximum absolute atomic E-state index is 5.01. The normalized spacial score (nSPS) is 10.4. The van der Waals surface area contributed by atoms with E-state index in [-0.39, 0.29) is 0 Å². The fourth-order valence-electron chi connectivity index (χ4n) is 1.59. The monoisotopic (exact) mass is 252 g/mol. The summed E-state index contributed by atoms with van der Waals surface area (Å²) in [4.78, 5) is 8.71. The Hall–Kier alpha value is -1.36. The van der Waals surface area contributed by atoms with Gasteiger partial charge in [0.25, 0.3) is 0 Å². The number of hydrogen-bond donors (Lipinski definition) is 2. The predicted molar refractivity (Wildman–Crippen MR) is 75.1 cm³/mol. The summed E-state index contributed by atoms with van der Waals surface area (Å²) in [7, 11) is 1.73. The first-order valence-electron chi connectivity index (χ1n) is 6.58. The average molecular weight is 252 g/mol. The van der Waals surface area contributed by atoms with Crippen molar-refractivity contribution >= 4 is 11.6 Å². The van der Waals surface area contributed by atoms with Crippen molar-refractivity contribution in [3.63, 3.8) is 0 Å². The van der Waals surface area contributed by atoms with Gasteiger partial charge in [-0.05, 0) is 26.2 Å². The molecule has 0 unspecified atom stereocenters. The zero-order valence-corrected chi connectivity index (χ0v) is 11.6. The molecule has 1 aromatic heterocycles. The van der Waals surface area contributed by atoms with Crippen LogP contribution in [0.4, 0.5) is 11.6 Å². The number of nitrogens with zero attached hydrogens (tertiary/aromatic N) is 2. The smallest absolute Gasteiger partial charge is 0.131 e. The third kappa shape index (κ3) is 5.82. The summed E-state index contributed by atoms with van der Waals surface area (Å²) in [6, 6.07) is 1.96. The van der Waals surface area contributed by atoms with Crippen LogP contribution in [0.3, 0.4) is 0 Å². The quantitative estimate of drug-likeness (QED) is 0.661. The van der Waals surface area contributed by atoms with E-state index in [1.165, 1.54) is 0 Å². The number of methoxy groups -OCH3 is 1. The van der Waals surface area contributed by atoms with Crippen molar-refractivity contribution in [2.45, 2.75) is 33.1 Å². The van der Waals surface area contributed by atoms with Crippen LogP contribution in [-0.2, 0) is 4.74 Å². The second-order valence-electron chi connectivity index (χ2n) is 4.24. The molecular formula is C13H24N4O. The van der Waals surface area contributed by atoms with Gasteiger partial charge in [0, 0.05) is 32.9 Å². The second-order valence-corrected chi connectivity index (χ2v) is 4.24. The molecule has 0 bridgehead atoms. The highest BCUT2D eigenvalue weighted by molar-refractivity contribution is 5.47. The highest BCUT2D eigenvalue weighted by atomic mass is 16.5. The van der Waals surface area contributed by atoms with Crippen LogP contribution >= 0.6 is 0 Å². The summed E-state index contributed by atoms with van der Waals surface area (Å²) >= 11 is 0. The average Bonchev–Trinajstić information content (AvgIpc) is 2.35. The van der Waals surface area contributed by atoms with E-state index in [4.69, 9.17) is 4.74 Å². The van der Waals surface area contributed by atoms with E-state index in [1.807, 2.05) is 13.0 Å². The molecule has 0 saturated heterocycles. The van der Waals surface area contributed by atoms with Gasteiger partial charge < -0.3 is 15.4 Å². The van der Waals surface area contributed by atoms with Gasteiger partial charge in [0.2, 0.25) is 0 Å². The maximum Gasteiger partial charge on any atom is 0.131 e. The topological polar surface area (TPSA) is 59.1 Å². The summed E-state index contributed by atoms with van der Waals surface area (Å²) in [5, 5.41) is 6.59. The molecule has 5 nitrogen and oxygen atoms in total. The van der Waals surface area contributed by atoms with E-state index in [0.29, 0.717) is 0 Å². The molecule has 2 N–H and O–H groups in total. The molecule has 0 aliphatic heterocycles. The number of hydrogen-bond acceptors (Lipinski definition) is 5. The van der Waals surface area contributed by atoms with E-state index in [9.17, 15) is 0 Å². The predicted octanol–water partition coefficient (Wildman–Crippen LogP) is 2.45. The van der Waals surface area contributed by atoms with E-state index in [1.54, 1.807) is 7.11 Å². The number of aromatic nitrogens is 2. The molecule has 0 saturated carbocycles. The van der Waals surface area contributed by atoms with Crippen LogP contribution in [0, 0.1) is 6.92 Å². The van der Waals surface area contributed by atoms with Crippen LogP contribution in [0.5, 0.6) is 0 Å². The summed E-state index contributed by atoms with van der Waals surface area (Å²) in [6.07, 6.45) is 3.23. The second kappa shape index (κ2) is 8.69. The van der Waals surface area contributed by atoms with Crippen LogP contribution in [-0.4, -0.2) is 36.8 Å². The Morgan fingerprint density at radius 3 is 2.39 bits per heavy atom. The first-order chi connectivity index (χ1) is 8.76. The first-order valence-corrected chi connectivity index (χ1v) is 6.58. The van der Waals surface area contributed by atoms with Gasteiger partial charge in [-0.25, -0.2) is 9.97 Å². The van der Waals surface area contributed by atoms with Crippen molar-refractivity contribution in [3.05, 3.63) is 11.9 Å². The highest BCUT2D eigenvalue weighted by Crippen LogP contribution is 2.11. The third-order valence-electron chi connectivity index (χ3n) is 2.48. The first kappa shape index (κ1) is 14.7. The Morgan fingerprint density at radius 2 is 1.78 bits per heavy atom. The maximum atomic E-state index is 5.01. The molecule has 1 aromatic rings. The van der Waals surface area contributed by atoms with Crippen molar-refractivity contribution in [2.75, 3.05) is 37.4 Å². The van der Waals surface area contributed by atoms with Gasteiger partial charge in [-0.15, -0.1) is 0 Å². The molecule has 0 radical (unpaired) electrons. The lowest BCUT2D eigenvalue weighted by Crippen LogP contribution is -2.08. The van der Waals surface area contributed by atoms with Crippen LogP contribution in [0.2, 0.25) is 0 Å². The molecule has 0 aliphatic rings. The Kier molecular flexibility index (Phi) is 7.10. The minimum Gasteiger partial charge on any atom is -0.385 e. The number of nitrogens with one attached hydrogen (secondary N) is 2. The van der Waals surface area contributed by atoms with Crippen LogP contribution < -0.4 is 10.6 Å². The Labute approximate surface area is 109 Å². The zero-order valence-electron chi connectivity index (χ0n) is 11.6. The molecule has 0 amide bonds. The minimum atomic E-state index is 0.787. The van der Waals surface area contributed by atoms with Crippen molar-refractivity contribution in [1.82, 2.24) is 9.97 Å². The van der Waals surface area contributed by atoms with Crippen molar-refractivity contribution in [3.8, 4) is 0 Å². The van der Waals surface area contributed by atoms with Gasteiger partial charge in [0.1, 0.15) is 17.5 Å². The summed E-state index contributed by atoms with van der Waals surface area (Å²) in [5.41, 5.74) is 0. The van der Waals surface area contributed by atoms with E-state index < -0.39 is 0 Å². The van der Waals surface area contributed by atoms with Gasteiger partial charge in [0.05, 0.1) is 0 Å². The summed E-state index contributed by atoms with van der Waals surface area (Å²) in [6.45, 7) is 6.70. The lowest BCUT2D eigenvalue weighted by molar-refractivity contribution is 0.194. The van der Waals surface area contributed by atoms with Gasteiger partial charge in [-0.2, -0.15) is 0 Å². The molecule has 102 valence electrons. The number of unbranched alkanes of at least 4 members (excludes halogenated alkanes) is 1. The lowest BCUT2D eigenvalue weighted by atomic mass is 10.3. The van der Waals surface area contributed by atoms with Crippen molar-refractivity contribution in [2.24, 2.45) is 0 Å². The molecule has 18 heavy (non-hydrogen) atoms. The number of ether oxygens (including phenoxy) is 1. The number of rotatable bonds is 9. The highest BCUT2D eigenvalue weighted by Gasteiger charge is 2.00. The molecule has 0 aromatic carbocycles. The van der Waals surface area contributed by atoms with Gasteiger partial charge in [0.15, 0.2) is 0 Å². The van der Waals surface area contributed by atoms with Gasteiger partial charge in [-0.3, -0.25) is 0 Å². The Bertz CT molecular complexity index is 344. The number of aryl methyl sites for hydroxylation is 1. The van der Waals surface area contributed by atoms with Crippen molar-refractivity contribution in [1.29, 1.82) is 0 Å². The van der Waals surface area contributed by atoms with Crippen LogP contribution in [0.1, 0.15) is 32.0 Å². The fourth-order valence-corrected chi connectivity index (χ4v) is 1.59. The molecule has 0 aliphatic carbocycles. The molecular weight excluding hydrogens is 228 g/mol. The lowest BCUT2D eigenvalue weighted by Gasteiger charge is -2.09. The zero-order chi connectivity index (χ0) is 13.2. The minimum absolute atomic E-state index is 0.787.